The summed E-state index contributed by atoms with van der Waals surface area (Å²) in [6, 6.07) is 16.4. The minimum absolute atomic E-state index is 0.0491. The minimum atomic E-state index is -0.468. The van der Waals surface area contributed by atoms with E-state index in [1.807, 2.05) is 24.3 Å². The number of nitrogens with one attached hydrogen (secondary N) is 3. The topological polar surface area (TPSA) is 88.7 Å². The number of ether oxygens (including phenoxy) is 2. The van der Waals surface area contributed by atoms with E-state index in [0.717, 1.165) is 26.1 Å². The summed E-state index contributed by atoms with van der Waals surface area (Å²) in [5.41, 5.74) is 5.30. The SMILES string of the molecule is CC(C)CCOc1cccc(C(=O)NC(=S)NNC(=O)COc2ccc3cc(Br)ccc3c2Br)c1. The van der Waals surface area contributed by atoms with Gasteiger partial charge < -0.3 is 9.47 Å². The normalized spacial score (nSPS) is 10.7. The van der Waals surface area contributed by atoms with Gasteiger partial charge in [0.2, 0.25) is 0 Å². The maximum atomic E-state index is 12.5. The third-order valence-electron chi connectivity index (χ3n) is 4.84. The molecule has 3 aromatic rings. The summed E-state index contributed by atoms with van der Waals surface area (Å²) in [7, 11) is 0. The molecule has 0 atom stereocenters. The summed E-state index contributed by atoms with van der Waals surface area (Å²) in [6.07, 6.45) is 0.920. The molecule has 0 saturated heterocycles. The fourth-order valence-electron chi connectivity index (χ4n) is 3.01. The maximum Gasteiger partial charge on any atom is 0.276 e. The van der Waals surface area contributed by atoms with E-state index in [9.17, 15) is 9.59 Å². The first-order valence-electron chi connectivity index (χ1n) is 10.9. The van der Waals surface area contributed by atoms with Crippen molar-refractivity contribution in [3.05, 3.63) is 69.1 Å². The van der Waals surface area contributed by atoms with Gasteiger partial charge in [0, 0.05) is 10.0 Å². The number of benzene rings is 3. The highest BCUT2D eigenvalue weighted by Gasteiger charge is 2.12. The van der Waals surface area contributed by atoms with Crippen LogP contribution in [-0.4, -0.2) is 30.1 Å². The lowest BCUT2D eigenvalue weighted by atomic mass is 10.1. The molecule has 0 aliphatic rings. The lowest BCUT2D eigenvalue weighted by Crippen LogP contribution is -2.49. The van der Waals surface area contributed by atoms with Gasteiger partial charge in [-0.15, -0.1) is 0 Å². The lowest BCUT2D eigenvalue weighted by molar-refractivity contribution is -0.123. The number of fused-ring (bicyclic) bond motifs is 1. The summed E-state index contributed by atoms with van der Waals surface area (Å²) in [6.45, 7) is 4.56. The molecule has 3 rings (SSSR count). The third-order valence-corrected chi connectivity index (χ3v) is 6.36. The molecule has 0 radical (unpaired) electrons. The molecule has 0 unspecified atom stereocenters. The van der Waals surface area contributed by atoms with Gasteiger partial charge in [-0.2, -0.15) is 0 Å². The Kier molecular flexibility index (Phi) is 9.88. The van der Waals surface area contributed by atoms with Crippen LogP contribution in [0.4, 0.5) is 0 Å². The quantitative estimate of drug-likeness (QED) is 0.227. The largest absolute Gasteiger partial charge is 0.494 e. The fraction of sp³-hybridized carbons (Fsp3) is 0.240. The van der Waals surface area contributed by atoms with Gasteiger partial charge in [0.05, 0.1) is 11.1 Å². The molecule has 184 valence electrons. The zero-order chi connectivity index (χ0) is 25.4. The Morgan fingerprint density at radius 1 is 1.00 bits per heavy atom. The van der Waals surface area contributed by atoms with Crippen molar-refractivity contribution < 1.29 is 19.1 Å². The van der Waals surface area contributed by atoms with Gasteiger partial charge in [0.1, 0.15) is 11.5 Å². The van der Waals surface area contributed by atoms with E-state index >= 15 is 0 Å². The average molecular weight is 623 g/mol. The van der Waals surface area contributed by atoms with Crippen LogP contribution >= 0.6 is 44.1 Å². The van der Waals surface area contributed by atoms with Gasteiger partial charge in [-0.1, -0.05) is 48.0 Å². The molecule has 3 N–H and O–H groups in total. The average Bonchev–Trinajstić information content (AvgIpc) is 2.82. The van der Waals surface area contributed by atoms with Crippen LogP contribution in [-0.2, 0) is 4.79 Å². The zero-order valence-corrected chi connectivity index (χ0v) is 23.2. The molecule has 0 heterocycles. The Labute approximate surface area is 226 Å². The van der Waals surface area contributed by atoms with Crippen LogP contribution < -0.4 is 25.6 Å². The molecule has 0 bridgehead atoms. The maximum absolute atomic E-state index is 12.5. The van der Waals surface area contributed by atoms with Gasteiger partial charge >= 0.3 is 0 Å². The Morgan fingerprint density at radius 2 is 1.80 bits per heavy atom. The van der Waals surface area contributed by atoms with Crippen molar-refractivity contribution in [3.8, 4) is 11.5 Å². The number of thiocarbonyl (C=S) groups is 1. The molecular formula is C25H25Br2N3O4S. The van der Waals surface area contributed by atoms with Crippen LogP contribution in [0, 0.1) is 5.92 Å². The first-order valence-corrected chi connectivity index (χ1v) is 12.9. The number of hydrazine groups is 1. The lowest BCUT2D eigenvalue weighted by Gasteiger charge is -2.13. The molecule has 0 aliphatic carbocycles. The molecule has 3 aromatic carbocycles. The predicted molar refractivity (Wildman–Crippen MR) is 148 cm³/mol. The van der Waals surface area contributed by atoms with Crippen molar-refractivity contribution in [2.24, 2.45) is 5.92 Å². The Morgan fingerprint density at radius 3 is 2.57 bits per heavy atom. The van der Waals surface area contributed by atoms with Crippen molar-refractivity contribution in [3.63, 3.8) is 0 Å². The second kappa shape index (κ2) is 12.9. The first kappa shape index (κ1) is 26.9. The highest BCUT2D eigenvalue weighted by molar-refractivity contribution is 9.11. The summed E-state index contributed by atoms with van der Waals surface area (Å²) in [5, 5.41) is 4.46. The van der Waals surface area contributed by atoms with E-state index in [1.165, 1.54) is 0 Å². The molecule has 7 nitrogen and oxygen atoms in total. The van der Waals surface area contributed by atoms with Gasteiger partial charge in [-0.25, -0.2) is 0 Å². The van der Waals surface area contributed by atoms with E-state index in [2.05, 4.69) is 61.9 Å². The number of carbonyl (C=O) groups excluding carboxylic acids is 2. The summed E-state index contributed by atoms with van der Waals surface area (Å²) in [5.74, 6) is 0.776. The van der Waals surface area contributed by atoms with Crippen molar-refractivity contribution in [2.75, 3.05) is 13.2 Å². The van der Waals surface area contributed by atoms with Crippen molar-refractivity contribution in [1.82, 2.24) is 16.2 Å². The van der Waals surface area contributed by atoms with Crippen LogP contribution in [0.15, 0.2) is 63.5 Å². The van der Waals surface area contributed by atoms with Crippen LogP contribution in [0.25, 0.3) is 10.8 Å². The molecular weight excluding hydrogens is 598 g/mol. The molecule has 2 amide bonds. The molecule has 0 fully saturated rings. The summed E-state index contributed by atoms with van der Waals surface area (Å²) >= 11 is 12.1. The number of carbonyl (C=O) groups is 2. The highest BCUT2D eigenvalue weighted by Crippen LogP contribution is 2.34. The van der Waals surface area contributed by atoms with Gasteiger partial charge in [-0.05, 0) is 87.7 Å². The number of rotatable bonds is 8. The summed E-state index contributed by atoms with van der Waals surface area (Å²) in [4.78, 5) is 24.7. The van der Waals surface area contributed by atoms with Gasteiger partial charge in [-0.3, -0.25) is 25.8 Å². The molecule has 0 aliphatic heterocycles. The molecule has 10 heteroatoms. The second-order valence-corrected chi connectivity index (χ2v) is 10.2. The Bertz CT molecular complexity index is 1240. The monoisotopic (exact) mass is 621 g/mol. The number of hydrogen-bond acceptors (Lipinski definition) is 5. The first-order chi connectivity index (χ1) is 16.7. The van der Waals surface area contributed by atoms with Crippen LogP contribution in [0.3, 0.4) is 0 Å². The number of halogens is 2. The van der Waals surface area contributed by atoms with Crippen molar-refractivity contribution in [1.29, 1.82) is 0 Å². The zero-order valence-electron chi connectivity index (χ0n) is 19.2. The van der Waals surface area contributed by atoms with Crippen LogP contribution in [0.1, 0.15) is 30.6 Å². The van der Waals surface area contributed by atoms with E-state index in [-0.39, 0.29) is 11.7 Å². The molecule has 35 heavy (non-hydrogen) atoms. The minimum Gasteiger partial charge on any atom is -0.494 e. The van der Waals surface area contributed by atoms with E-state index < -0.39 is 11.8 Å². The number of hydrogen-bond donors (Lipinski definition) is 3. The Hall–Kier alpha value is -2.69. The van der Waals surface area contributed by atoms with E-state index in [4.69, 9.17) is 21.7 Å². The van der Waals surface area contributed by atoms with Crippen molar-refractivity contribution >= 4 is 71.8 Å². The third kappa shape index (κ3) is 8.19. The standard InChI is InChI=1S/C25H25Br2N3O4S/c1-15(2)10-11-33-19-5-3-4-17(13-19)24(32)28-25(35)30-29-22(31)14-34-21-9-6-16-12-18(26)7-8-20(16)23(21)27/h3-9,12-13,15H,10-11,14H2,1-2H3,(H,29,31)(H2,28,30,32,35). The molecule has 0 saturated carbocycles. The second-order valence-electron chi connectivity index (χ2n) is 8.05. The van der Waals surface area contributed by atoms with Crippen molar-refractivity contribution in [2.45, 2.75) is 20.3 Å². The van der Waals surface area contributed by atoms with Crippen LogP contribution in [0.5, 0.6) is 11.5 Å². The van der Waals surface area contributed by atoms with Gasteiger partial charge in [0.25, 0.3) is 11.8 Å². The van der Waals surface area contributed by atoms with E-state index in [1.54, 1.807) is 30.3 Å². The fourth-order valence-corrected chi connectivity index (χ4v) is 4.14. The van der Waals surface area contributed by atoms with Crippen LogP contribution in [0.2, 0.25) is 0 Å². The van der Waals surface area contributed by atoms with E-state index in [0.29, 0.717) is 29.6 Å². The predicted octanol–water partition coefficient (Wildman–Crippen LogP) is 5.50. The molecule has 0 aromatic heterocycles. The number of amides is 2. The molecule has 0 spiro atoms. The van der Waals surface area contributed by atoms with Gasteiger partial charge in [0.15, 0.2) is 11.7 Å². The smallest absolute Gasteiger partial charge is 0.276 e. The summed E-state index contributed by atoms with van der Waals surface area (Å²) < 4.78 is 13.0. The highest BCUT2D eigenvalue weighted by atomic mass is 79.9. The Balaban J connectivity index is 1.45.